The number of esters is 2. The largest absolute Gasteiger partial charge is 0.452 e. The molecule has 0 saturated carbocycles. The number of fused-ring (bicyclic) bond motifs is 2. The number of para-hydroxylation sites is 2. The quantitative estimate of drug-likeness (QED) is 0.484. The molecule has 0 N–H and O–H groups in total. The van der Waals surface area contributed by atoms with Gasteiger partial charge in [-0.05, 0) is 48.9 Å². The summed E-state index contributed by atoms with van der Waals surface area (Å²) in [7, 11) is 0. The molecule has 0 fully saturated rings. The summed E-state index contributed by atoms with van der Waals surface area (Å²) in [6.07, 6.45) is 5.25. The van der Waals surface area contributed by atoms with Crippen LogP contribution in [0.4, 0.5) is 11.4 Å². The van der Waals surface area contributed by atoms with Crippen LogP contribution in [0.1, 0.15) is 24.0 Å². The van der Waals surface area contributed by atoms with Gasteiger partial charge in [-0.3, -0.25) is 9.59 Å². The normalized spacial score (nSPS) is 14.8. The summed E-state index contributed by atoms with van der Waals surface area (Å²) in [5.74, 6) is -2.34. The first-order valence-electron chi connectivity index (χ1n) is 11.3. The van der Waals surface area contributed by atoms with Crippen LogP contribution in [0.5, 0.6) is 0 Å². The van der Waals surface area contributed by atoms with E-state index in [9.17, 15) is 19.2 Å². The van der Waals surface area contributed by atoms with E-state index in [0.29, 0.717) is 13.1 Å². The van der Waals surface area contributed by atoms with E-state index in [1.807, 2.05) is 48.5 Å². The molecule has 0 atom stereocenters. The fraction of sp³-hybridized carbons (Fsp3) is 0.308. The highest BCUT2D eigenvalue weighted by Crippen LogP contribution is 2.27. The maximum absolute atomic E-state index is 12.5. The van der Waals surface area contributed by atoms with Gasteiger partial charge in [0.1, 0.15) is 0 Å². The van der Waals surface area contributed by atoms with Crippen molar-refractivity contribution in [2.75, 3.05) is 36.1 Å². The number of carbonyl (C=O) groups excluding carboxylic acids is 4. The lowest BCUT2D eigenvalue weighted by atomic mass is 10.0. The molecule has 176 valence electrons. The van der Waals surface area contributed by atoms with Crippen molar-refractivity contribution in [1.82, 2.24) is 0 Å². The zero-order chi connectivity index (χ0) is 23.9. The second kappa shape index (κ2) is 10.8. The van der Waals surface area contributed by atoms with Crippen molar-refractivity contribution in [3.8, 4) is 0 Å². The Labute approximate surface area is 197 Å². The van der Waals surface area contributed by atoms with Gasteiger partial charge in [0.25, 0.3) is 11.8 Å². The summed E-state index contributed by atoms with van der Waals surface area (Å²) >= 11 is 0. The number of aryl methyl sites for hydroxylation is 2. The van der Waals surface area contributed by atoms with Gasteiger partial charge in [0, 0.05) is 36.6 Å². The molecule has 0 radical (unpaired) electrons. The topological polar surface area (TPSA) is 93.2 Å². The van der Waals surface area contributed by atoms with E-state index in [4.69, 9.17) is 9.47 Å². The van der Waals surface area contributed by atoms with Crippen molar-refractivity contribution in [1.29, 1.82) is 0 Å². The lowest BCUT2D eigenvalue weighted by Gasteiger charge is -2.29. The number of hydrogen-bond acceptors (Lipinski definition) is 6. The van der Waals surface area contributed by atoms with Crippen LogP contribution >= 0.6 is 0 Å². The van der Waals surface area contributed by atoms with Gasteiger partial charge in [0.15, 0.2) is 13.2 Å². The van der Waals surface area contributed by atoms with Crippen LogP contribution in [0, 0.1) is 0 Å². The molecule has 2 aromatic carbocycles. The number of benzene rings is 2. The molecule has 0 aromatic heterocycles. The predicted octanol–water partition coefficient (Wildman–Crippen LogP) is 2.59. The molecule has 2 amide bonds. The molecular weight excluding hydrogens is 436 g/mol. The number of amides is 2. The Balaban J connectivity index is 1.22. The summed E-state index contributed by atoms with van der Waals surface area (Å²) in [6, 6.07) is 15.3. The van der Waals surface area contributed by atoms with Crippen LogP contribution in [0.3, 0.4) is 0 Å². The average Bonchev–Trinajstić information content (AvgIpc) is 2.88. The third-order valence-electron chi connectivity index (χ3n) is 5.85. The first-order valence-corrected chi connectivity index (χ1v) is 11.3. The lowest BCUT2D eigenvalue weighted by Crippen LogP contribution is -2.38. The molecule has 0 unspecified atom stereocenters. The Hall–Kier alpha value is -3.94. The fourth-order valence-corrected chi connectivity index (χ4v) is 4.24. The van der Waals surface area contributed by atoms with E-state index >= 15 is 0 Å². The molecule has 4 rings (SSSR count). The minimum atomic E-state index is -0.841. The molecule has 2 heterocycles. The van der Waals surface area contributed by atoms with Gasteiger partial charge in [-0.2, -0.15) is 0 Å². The molecule has 0 saturated heterocycles. The van der Waals surface area contributed by atoms with Crippen LogP contribution in [0.15, 0.2) is 60.7 Å². The molecule has 2 aromatic rings. The predicted molar refractivity (Wildman–Crippen MR) is 125 cm³/mol. The molecule has 0 aliphatic carbocycles. The van der Waals surface area contributed by atoms with E-state index < -0.39 is 25.2 Å². The van der Waals surface area contributed by atoms with E-state index in [1.54, 1.807) is 9.80 Å². The van der Waals surface area contributed by atoms with Crippen molar-refractivity contribution >= 4 is 35.1 Å². The minimum absolute atomic E-state index is 0.330. The third kappa shape index (κ3) is 5.51. The maximum atomic E-state index is 12.5. The fourth-order valence-electron chi connectivity index (χ4n) is 4.24. The monoisotopic (exact) mass is 462 g/mol. The van der Waals surface area contributed by atoms with E-state index in [-0.39, 0.29) is 11.8 Å². The number of ether oxygens (including phenoxy) is 2. The average molecular weight is 463 g/mol. The molecule has 34 heavy (non-hydrogen) atoms. The molecule has 2 aliphatic rings. The van der Waals surface area contributed by atoms with Gasteiger partial charge < -0.3 is 19.3 Å². The molecule has 2 aliphatic heterocycles. The molecule has 8 heteroatoms. The van der Waals surface area contributed by atoms with Crippen molar-refractivity contribution in [3.63, 3.8) is 0 Å². The molecule has 8 nitrogen and oxygen atoms in total. The Morgan fingerprint density at radius 1 is 0.676 bits per heavy atom. The van der Waals surface area contributed by atoms with Gasteiger partial charge in [-0.15, -0.1) is 0 Å². The van der Waals surface area contributed by atoms with E-state index in [0.717, 1.165) is 60.3 Å². The van der Waals surface area contributed by atoms with Crippen molar-refractivity contribution in [2.24, 2.45) is 0 Å². The first kappa shape index (κ1) is 23.2. The summed E-state index contributed by atoms with van der Waals surface area (Å²) in [6.45, 7) is 0.259. The van der Waals surface area contributed by atoms with Crippen LogP contribution in [0.2, 0.25) is 0 Å². The SMILES string of the molecule is O=C(C=CC(=O)OCC(=O)N1CCCc2ccccc21)OCC(=O)N1CCCc2ccccc21. The summed E-state index contributed by atoms with van der Waals surface area (Å²) in [5.41, 5.74) is 3.82. The van der Waals surface area contributed by atoms with E-state index in [1.165, 1.54) is 0 Å². The highest BCUT2D eigenvalue weighted by atomic mass is 16.5. The highest BCUT2D eigenvalue weighted by Gasteiger charge is 2.24. The Morgan fingerprint density at radius 3 is 1.53 bits per heavy atom. The maximum Gasteiger partial charge on any atom is 0.331 e. The van der Waals surface area contributed by atoms with Crippen LogP contribution in [-0.2, 0) is 41.5 Å². The summed E-state index contributed by atoms with van der Waals surface area (Å²) in [5, 5.41) is 0. The highest BCUT2D eigenvalue weighted by molar-refractivity contribution is 5.99. The first-order chi connectivity index (χ1) is 16.5. The Kier molecular flexibility index (Phi) is 7.37. The van der Waals surface area contributed by atoms with Crippen molar-refractivity contribution < 1.29 is 28.7 Å². The zero-order valence-corrected chi connectivity index (χ0v) is 18.8. The van der Waals surface area contributed by atoms with Crippen LogP contribution < -0.4 is 9.80 Å². The van der Waals surface area contributed by atoms with E-state index in [2.05, 4.69) is 0 Å². The number of rotatable bonds is 6. The van der Waals surface area contributed by atoms with Gasteiger partial charge in [0.05, 0.1) is 0 Å². The molecule has 0 bridgehead atoms. The standard InChI is InChI=1S/C26H26N2O6/c29-23(27-15-5-9-19-7-1-3-11-21(19)27)17-33-25(31)13-14-26(32)34-18-24(30)28-16-6-10-20-8-2-4-12-22(20)28/h1-4,7-8,11-14H,5-6,9-10,15-18H2. The summed E-state index contributed by atoms with van der Waals surface area (Å²) < 4.78 is 9.96. The van der Waals surface area contributed by atoms with Gasteiger partial charge in [0.2, 0.25) is 0 Å². The second-order valence-corrected chi connectivity index (χ2v) is 8.10. The van der Waals surface area contributed by atoms with Gasteiger partial charge >= 0.3 is 11.9 Å². The van der Waals surface area contributed by atoms with Crippen LogP contribution in [0.25, 0.3) is 0 Å². The number of nitrogens with zero attached hydrogens (tertiary/aromatic N) is 2. The lowest BCUT2D eigenvalue weighted by molar-refractivity contribution is -0.144. The van der Waals surface area contributed by atoms with Gasteiger partial charge in [-0.1, -0.05) is 36.4 Å². The number of anilines is 2. The van der Waals surface area contributed by atoms with Crippen LogP contribution in [-0.4, -0.2) is 50.1 Å². The third-order valence-corrected chi connectivity index (χ3v) is 5.85. The second-order valence-electron chi connectivity index (χ2n) is 8.10. The zero-order valence-electron chi connectivity index (χ0n) is 18.8. The number of hydrogen-bond donors (Lipinski definition) is 0. The molecule has 0 spiro atoms. The van der Waals surface area contributed by atoms with Gasteiger partial charge in [-0.25, -0.2) is 9.59 Å². The smallest absolute Gasteiger partial charge is 0.331 e. The Morgan fingerprint density at radius 2 is 1.09 bits per heavy atom. The van der Waals surface area contributed by atoms with Crippen molar-refractivity contribution in [3.05, 3.63) is 71.8 Å². The minimum Gasteiger partial charge on any atom is -0.452 e. The summed E-state index contributed by atoms with van der Waals surface area (Å²) in [4.78, 5) is 52.1. The Bertz CT molecular complexity index is 1040. The molecular formula is C26H26N2O6. The van der Waals surface area contributed by atoms with Crippen molar-refractivity contribution in [2.45, 2.75) is 25.7 Å². The number of carbonyl (C=O) groups is 4.